The van der Waals surface area contributed by atoms with Crippen LogP contribution in [0.4, 0.5) is 0 Å². The van der Waals surface area contributed by atoms with Crippen LogP contribution in [-0.2, 0) is 0 Å². The number of ether oxygens (including phenoxy) is 2. The molecule has 1 aromatic carbocycles. The van der Waals surface area contributed by atoms with Crippen molar-refractivity contribution in [3.05, 3.63) is 24.3 Å². The molecule has 1 atom stereocenters. The fourth-order valence-electron chi connectivity index (χ4n) is 2.96. The molecule has 1 aliphatic heterocycles. The van der Waals surface area contributed by atoms with Gasteiger partial charge >= 0.3 is 0 Å². The molecule has 1 saturated heterocycles. The number of aliphatic hydroxyl groups excluding tert-OH is 1. The van der Waals surface area contributed by atoms with Gasteiger partial charge in [0.15, 0.2) is 0 Å². The van der Waals surface area contributed by atoms with Crippen LogP contribution in [0.15, 0.2) is 24.3 Å². The molecule has 1 unspecified atom stereocenters. The molecule has 1 aliphatic rings. The molecule has 2 rings (SSSR count). The summed E-state index contributed by atoms with van der Waals surface area (Å²) in [5.74, 6) is 1.74. The second-order valence-electron chi connectivity index (χ2n) is 5.58. The summed E-state index contributed by atoms with van der Waals surface area (Å²) in [6, 6.07) is 8.27. The van der Waals surface area contributed by atoms with Gasteiger partial charge in [-0.1, -0.05) is 6.42 Å². The van der Waals surface area contributed by atoms with Crippen molar-refractivity contribution < 1.29 is 14.6 Å². The zero-order chi connectivity index (χ0) is 14.9. The third-order valence-electron chi connectivity index (χ3n) is 4.13. The van der Waals surface area contributed by atoms with Crippen LogP contribution in [0.25, 0.3) is 0 Å². The van der Waals surface area contributed by atoms with Crippen molar-refractivity contribution in [2.24, 2.45) is 0 Å². The Bertz CT molecular complexity index is 392. The van der Waals surface area contributed by atoms with Gasteiger partial charge in [-0.15, -0.1) is 0 Å². The van der Waals surface area contributed by atoms with E-state index in [1.165, 1.54) is 19.3 Å². The zero-order valence-corrected chi connectivity index (χ0v) is 13.0. The van der Waals surface area contributed by atoms with Crippen LogP contribution in [0.1, 0.15) is 32.1 Å². The Morgan fingerprint density at radius 1 is 1.19 bits per heavy atom. The van der Waals surface area contributed by atoms with E-state index in [1.54, 1.807) is 7.11 Å². The molecule has 1 heterocycles. The summed E-state index contributed by atoms with van der Waals surface area (Å²) in [6.45, 7) is 3.24. The molecule has 1 aromatic rings. The van der Waals surface area contributed by atoms with Crippen LogP contribution >= 0.6 is 0 Å². The smallest absolute Gasteiger partial charge is 0.119 e. The first-order valence-corrected chi connectivity index (χ1v) is 7.95. The first-order valence-electron chi connectivity index (χ1n) is 7.95. The molecule has 21 heavy (non-hydrogen) atoms. The van der Waals surface area contributed by atoms with Gasteiger partial charge in [0.05, 0.1) is 13.7 Å². The Labute approximate surface area is 127 Å². The highest BCUT2D eigenvalue weighted by molar-refractivity contribution is 5.31. The fraction of sp³-hybridized carbons (Fsp3) is 0.647. The molecule has 0 aromatic heterocycles. The first kappa shape index (κ1) is 16.1. The van der Waals surface area contributed by atoms with Crippen molar-refractivity contribution in [1.29, 1.82) is 0 Å². The second kappa shape index (κ2) is 8.90. The zero-order valence-electron chi connectivity index (χ0n) is 13.0. The average molecular weight is 293 g/mol. The molecular formula is C17H27NO3. The standard InChI is InChI=1S/C17H27NO3/c1-20-16-6-8-17(9-7-16)21-14-4-12-18-11-3-2-5-15(18)10-13-19/h6-9,15,19H,2-5,10-14H2,1H3. The molecule has 0 aliphatic carbocycles. The van der Waals surface area contributed by atoms with E-state index in [-0.39, 0.29) is 0 Å². The maximum atomic E-state index is 9.14. The van der Waals surface area contributed by atoms with E-state index in [1.807, 2.05) is 24.3 Å². The van der Waals surface area contributed by atoms with Crippen LogP contribution in [-0.4, -0.2) is 49.5 Å². The van der Waals surface area contributed by atoms with Gasteiger partial charge in [-0.2, -0.15) is 0 Å². The van der Waals surface area contributed by atoms with E-state index in [2.05, 4.69) is 4.90 Å². The number of aliphatic hydroxyl groups is 1. The van der Waals surface area contributed by atoms with Crippen LogP contribution < -0.4 is 9.47 Å². The molecule has 0 radical (unpaired) electrons. The predicted octanol–water partition coefficient (Wildman–Crippen LogP) is 2.70. The third-order valence-corrected chi connectivity index (χ3v) is 4.13. The molecule has 1 fully saturated rings. The lowest BCUT2D eigenvalue weighted by molar-refractivity contribution is 0.112. The minimum atomic E-state index is 0.295. The van der Waals surface area contributed by atoms with Gasteiger partial charge in [0.25, 0.3) is 0 Å². The Morgan fingerprint density at radius 3 is 2.67 bits per heavy atom. The number of likely N-dealkylation sites (tertiary alicyclic amines) is 1. The molecule has 0 bridgehead atoms. The predicted molar refractivity (Wildman–Crippen MR) is 84.0 cm³/mol. The lowest BCUT2D eigenvalue weighted by Gasteiger charge is -2.35. The number of methoxy groups -OCH3 is 1. The van der Waals surface area contributed by atoms with Crippen molar-refractivity contribution in [2.45, 2.75) is 38.1 Å². The number of nitrogens with zero attached hydrogens (tertiary/aromatic N) is 1. The van der Waals surface area contributed by atoms with Crippen LogP contribution in [0, 0.1) is 0 Å². The number of benzene rings is 1. The van der Waals surface area contributed by atoms with Gasteiger partial charge in [-0.25, -0.2) is 0 Å². The molecular weight excluding hydrogens is 266 g/mol. The van der Waals surface area contributed by atoms with Gasteiger partial charge in [-0.3, -0.25) is 0 Å². The summed E-state index contributed by atoms with van der Waals surface area (Å²) in [5.41, 5.74) is 0. The van der Waals surface area contributed by atoms with Gasteiger partial charge in [0.2, 0.25) is 0 Å². The van der Waals surface area contributed by atoms with E-state index in [4.69, 9.17) is 14.6 Å². The van der Waals surface area contributed by atoms with Crippen molar-refractivity contribution in [2.75, 3.05) is 33.4 Å². The Hall–Kier alpha value is -1.26. The number of rotatable bonds is 8. The van der Waals surface area contributed by atoms with Crippen molar-refractivity contribution in [3.8, 4) is 11.5 Å². The number of hydrogen-bond donors (Lipinski definition) is 1. The highest BCUT2D eigenvalue weighted by Crippen LogP contribution is 2.20. The number of piperidine rings is 1. The van der Waals surface area contributed by atoms with Gasteiger partial charge in [0.1, 0.15) is 11.5 Å². The van der Waals surface area contributed by atoms with Crippen LogP contribution in [0.3, 0.4) is 0 Å². The van der Waals surface area contributed by atoms with Crippen molar-refractivity contribution >= 4 is 0 Å². The maximum absolute atomic E-state index is 9.14. The average Bonchev–Trinajstić information content (AvgIpc) is 2.54. The van der Waals surface area contributed by atoms with E-state index in [0.717, 1.165) is 44.0 Å². The van der Waals surface area contributed by atoms with E-state index in [0.29, 0.717) is 12.6 Å². The van der Waals surface area contributed by atoms with E-state index >= 15 is 0 Å². The third kappa shape index (κ3) is 5.21. The maximum Gasteiger partial charge on any atom is 0.119 e. The monoisotopic (exact) mass is 293 g/mol. The molecule has 4 heteroatoms. The van der Waals surface area contributed by atoms with Crippen LogP contribution in [0.2, 0.25) is 0 Å². The minimum absolute atomic E-state index is 0.295. The molecule has 0 amide bonds. The van der Waals surface area contributed by atoms with Gasteiger partial charge in [0, 0.05) is 19.2 Å². The first-order chi connectivity index (χ1) is 10.3. The minimum Gasteiger partial charge on any atom is -0.497 e. The summed E-state index contributed by atoms with van der Waals surface area (Å²) >= 11 is 0. The lowest BCUT2D eigenvalue weighted by atomic mass is 9.99. The van der Waals surface area contributed by atoms with Crippen molar-refractivity contribution in [1.82, 2.24) is 4.90 Å². The SMILES string of the molecule is COc1ccc(OCCCN2CCCCC2CCO)cc1. The highest BCUT2D eigenvalue weighted by Gasteiger charge is 2.21. The molecule has 0 saturated carbocycles. The Balaban J connectivity index is 1.68. The largest absolute Gasteiger partial charge is 0.497 e. The molecule has 0 spiro atoms. The Morgan fingerprint density at radius 2 is 1.95 bits per heavy atom. The van der Waals surface area contributed by atoms with Crippen molar-refractivity contribution in [3.63, 3.8) is 0 Å². The summed E-state index contributed by atoms with van der Waals surface area (Å²) in [6.07, 6.45) is 5.72. The second-order valence-corrected chi connectivity index (χ2v) is 5.58. The van der Waals surface area contributed by atoms with Crippen LogP contribution in [0.5, 0.6) is 11.5 Å². The summed E-state index contributed by atoms with van der Waals surface area (Å²) in [5, 5.41) is 9.14. The molecule has 4 nitrogen and oxygen atoms in total. The Kier molecular flexibility index (Phi) is 6.83. The van der Waals surface area contributed by atoms with Gasteiger partial charge in [-0.05, 0) is 56.5 Å². The van der Waals surface area contributed by atoms with Gasteiger partial charge < -0.3 is 19.5 Å². The summed E-state index contributed by atoms with van der Waals surface area (Å²) < 4.78 is 10.9. The fourth-order valence-corrected chi connectivity index (χ4v) is 2.96. The molecule has 1 N–H and O–H groups in total. The normalized spacial score (nSPS) is 19.4. The lowest BCUT2D eigenvalue weighted by Crippen LogP contribution is -2.40. The topological polar surface area (TPSA) is 41.9 Å². The quantitative estimate of drug-likeness (QED) is 0.748. The van der Waals surface area contributed by atoms with E-state index in [9.17, 15) is 0 Å². The van der Waals surface area contributed by atoms with E-state index < -0.39 is 0 Å². The highest BCUT2D eigenvalue weighted by atomic mass is 16.5. The molecule has 118 valence electrons. The summed E-state index contributed by atoms with van der Waals surface area (Å²) in [4.78, 5) is 2.51. The number of hydrogen-bond acceptors (Lipinski definition) is 4. The summed E-state index contributed by atoms with van der Waals surface area (Å²) in [7, 11) is 1.66.